The Morgan fingerprint density at radius 3 is 2.72 bits per heavy atom. The van der Waals surface area contributed by atoms with Crippen LogP contribution in [-0.2, 0) is 6.54 Å². The first-order valence-electron chi connectivity index (χ1n) is 5.31. The van der Waals surface area contributed by atoms with Gasteiger partial charge in [0.05, 0.1) is 17.7 Å². The molecule has 0 fully saturated rings. The standard InChI is InChI=1S/C12H8BrN3O2/c13-7-1-2-8-9(5-7)12(18)16(11(8)17)6-10-14-3-4-15-10/h1-5H,6H2,(H,14,15). The average molecular weight is 306 g/mol. The van der Waals surface area contributed by atoms with Crippen molar-refractivity contribution < 1.29 is 9.59 Å². The lowest BCUT2D eigenvalue weighted by Crippen LogP contribution is -2.29. The Kier molecular flexibility index (Phi) is 2.52. The number of halogens is 1. The number of carbonyl (C=O) groups is 2. The second kappa shape index (κ2) is 4.06. The number of hydrogen-bond donors (Lipinski definition) is 1. The van der Waals surface area contributed by atoms with Crippen LogP contribution in [0.3, 0.4) is 0 Å². The zero-order valence-electron chi connectivity index (χ0n) is 9.18. The predicted molar refractivity (Wildman–Crippen MR) is 66.9 cm³/mol. The van der Waals surface area contributed by atoms with E-state index in [1.165, 1.54) is 4.90 Å². The zero-order valence-corrected chi connectivity index (χ0v) is 10.8. The monoisotopic (exact) mass is 305 g/mol. The molecule has 90 valence electrons. The number of nitrogens with one attached hydrogen (secondary N) is 1. The van der Waals surface area contributed by atoms with Gasteiger partial charge in [0.15, 0.2) is 0 Å². The molecule has 0 bridgehead atoms. The second-order valence-corrected chi connectivity index (χ2v) is 4.84. The van der Waals surface area contributed by atoms with Crippen molar-refractivity contribution in [1.82, 2.24) is 14.9 Å². The molecule has 0 saturated heterocycles. The van der Waals surface area contributed by atoms with Crippen LogP contribution in [0, 0.1) is 0 Å². The molecule has 2 amide bonds. The first kappa shape index (κ1) is 11.2. The Morgan fingerprint density at radius 1 is 1.22 bits per heavy atom. The van der Waals surface area contributed by atoms with E-state index in [9.17, 15) is 9.59 Å². The van der Waals surface area contributed by atoms with Crippen molar-refractivity contribution >= 4 is 27.7 Å². The van der Waals surface area contributed by atoms with E-state index >= 15 is 0 Å². The van der Waals surface area contributed by atoms with Crippen LogP contribution < -0.4 is 0 Å². The summed E-state index contributed by atoms with van der Waals surface area (Å²) in [5.41, 5.74) is 0.871. The number of aromatic nitrogens is 2. The third-order valence-electron chi connectivity index (χ3n) is 2.80. The smallest absolute Gasteiger partial charge is 0.262 e. The fourth-order valence-corrected chi connectivity index (χ4v) is 2.30. The normalized spacial score (nSPS) is 14.2. The molecule has 6 heteroatoms. The molecule has 1 aromatic carbocycles. The molecule has 0 unspecified atom stereocenters. The van der Waals surface area contributed by atoms with Gasteiger partial charge in [-0.2, -0.15) is 0 Å². The van der Waals surface area contributed by atoms with Gasteiger partial charge >= 0.3 is 0 Å². The number of aromatic amines is 1. The van der Waals surface area contributed by atoms with Crippen molar-refractivity contribution in [2.45, 2.75) is 6.54 Å². The Balaban J connectivity index is 1.97. The summed E-state index contributed by atoms with van der Waals surface area (Å²) in [5.74, 6) is 0.0233. The van der Waals surface area contributed by atoms with Gasteiger partial charge < -0.3 is 4.98 Å². The van der Waals surface area contributed by atoms with E-state index in [1.54, 1.807) is 30.6 Å². The molecule has 0 atom stereocenters. The summed E-state index contributed by atoms with van der Waals surface area (Å²) in [7, 11) is 0. The van der Waals surface area contributed by atoms with Crippen molar-refractivity contribution in [3.8, 4) is 0 Å². The summed E-state index contributed by atoms with van der Waals surface area (Å²) in [6.07, 6.45) is 3.24. The van der Waals surface area contributed by atoms with E-state index in [2.05, 4.69) is 25.9 Å². The van der Waals surface area contributed by atoms with Gasteiger partial charge in [-0.05, 0) is 18.2 Å². The van der Waals surface area contributed by atoms with Crippen LogP contribution in [0.1, 0.15) is 26.5 Å². The lowest BCUT2D eigenvalue weighted by molar-refractivity contribution is 0.0638. The topological polar surface area (TPSA) is 66.1 Å². The number of benzene rings is 1. The van der Waals surface area contributed by atoms with Gasteiger partial charge in [-0.25, -0.2) is 4.98 Å². The molecule has 1 aromatic heterocycles. The maximum absolute atomic E-state index is 12.1. The highest BCUT2D eigenvalue weighted by atomic mass is 79.9. The van der Waals surface area contributed by atoms with Gasteiger partial charge in [0.25, 0.3) is 11.8 Å². The van der Waals surface area contributed by atoms with E-state index in [-0.39, 0.29) is 18.4 Å². The van der Waals surface area contributed by atoms with Crippen LogP contribution in [0.15, 0.2) is 35.1 Å². The number of imide groups is 1. The van der Waals surface area contributed by atoms with Crippen LogP contribution in [0.2, 0.25) is 0 Å². The van der Waals surface area contributed by atoms with E-state index in [1.807, 2.05) is 0 Å². The predicted octanol–water partition coefficient (Wildman–Crippen LogP) is 1.97. The van der Waals surface area contributed by atoms with E-state index in [0.29, 0.717) is 17.0 Å². The molecule has 5 nitrogen and oxygen atoms in total. The first-order chi connectivity index (χ1) is 8.66. The van der Waals surface area contributed by atoms with Crippen molar-refractivity contribution in [3.05, 3.63) is 52.0 Å². The summed E-state index contributed by atoms with van der Waals surface area (Å²) in [6.45, 7) is 0.164. The lowest BCUT2D eigenvalue weighted by Gasteiger charge is -2.11. The van der Waals surface area contributed by atoms with Gasteiger partial charge in [-0.3, -0.25) is 14.5 Å². The van der Waals surface area contributed by atoms with Crippen molar-refractivity contribution in [2.75, 3.05) is 0 Å². The van der Waals surface area contributed by atoms with Crippen molar-refractivity contribution in [3.63, 3.8) is 0 Å². The summed E-state index contributed by atoms with van der Waals surface area (Å²) < 4.78 is 0.780. The number of imidazole rings is 1. The minimum atomic E-state index is -0.285. The molecule has 1 aliphatic heterocycles. The molecule has 18 heavy (non-hydrogen) atoms. The van der Waals surface area contributed by atoms with E-state index in [0.717, 1.165) is 4.47 Å². The maximum atomic E-state index is 12.1. The molecule has 3 rings (SSSR count). The summed E-state index contributed by atoms with van der Waals surface area (Å²) >= 11 is 3.29. The number of H-pyrrole nitrogens is 1. The first-order valence-corrected chi connectivity index (χ1v) is 6.10. The molecule has 0 aliphatic carbocycles. The lowest BCUT2D eigenvalue weighted by atomic mass is 10.1. The van der Waals surface area contributed by atoms with Crippen LogP contribution in [-0.4, -0.2) is 26.7 Å². The molecule has 1 aliphatic rings. The van der Waals surface area contributed by atoms with E-state index < -0.39 is 0 Å². The number of amides is 2. The summed E-state index contributed by atoms with van der Waals surface area (Å²) in [6, 6.07) is 5.07. The van der Waals surface area contributed by atoms with Gasteiger partial charge in [-0.15, -0.1) is 0 Å². The van der Waals surface area contributed by atoms with Gasteiger partial charge in [0, 0.05) is 16.9 Å². The van der Waals surface area contributed by atoms with Crippen LogP contribution in [0.25, 0.3) is 0 Å². The molecule has 1 N–H and O–H groups in total. The van der Waals surface area contributed by atoms with Gasteiger partial charge in [-0.1, -0.05) is 15.9 Å². The fourth-order valence-electron chi connectivity index (χ4n) is 1.94. The minimum absolute atomic E-state index is 0.164. The molecular formula is C12H8BrN3O2. The van der Waals surface area contributed by atoms with Gasteiger partial charge in [0.1, 0.15) is 5.82 Å². The summed E-state index contributed by atoms with van der Waals surface area (Å²) in [5, 5.41) is 0. The highest BCUT2D eigenvalue weighted by Crippen LogP contribution is 2.26. The number of rotatable bonds is 2. The summed E-state index contributed by atoms with van der Waals surface area (Å²) in [4.78, 5) is 32.3. The Hall–Kier alpha value is -1.95. The number of nitrogens with zero attached hydrogens (tertiary/aromatic N) is 2. The molecule has 0 radical (unpaired) electrons. The average Bonchev–Trinajstić information content (AvgIpc) is 2.93. The number of fused-ring (bicyclic) bond motifs is 1. The Bertz CT molecular complexity index is 637. The van der Waals surface area contributed by atoms with Crippen LogP contribution in [0.5, 0.6) is 0 Å². The highest BCUT2D eigenvalue weighted by Gasteiger charge is 2.35. The van der Waals surface area contributed by atoms with Crippen LogP contribution in [0.4, 0.5) is 0 Å². The van der Waals surface area contributed by atoms with Gasteiger partial charge in [0.2, 0.25) is 0 Å². The van der Waals surface area contributed by atoms with E-state index in [4.69, 9.17) is 0 Å². The molecule has 0 saturated carbocycles. The molecule has 2 heterocycles. The SMILES string of the molecule is O=C1c2ccc(Br)cc2C(=O)N1Cc1ncc[nH]1. The molecular weight excluding hydrogens is 298 g/mol. The zero-order chi connectivity index (χ0) is 12.7. The third-order valence-corrected chi connectivity index (χ3v) is 3.29. The largest absolute Gasteiger partial charge is 0.347 e. The molecule has 2 aromatic rings. The minimum Gasteiger partial charge on any atom is -0.347 e. The van der Waals surface area contributed by atoms with Crippen LogP contribution >= 0.6 is 15.9 Å². The Morgan fingerprint density at radius 2 is 2.00 bits per heavy atom. The fraction of sp³-hybridized carbons (Fsp3) is 0.0833. The number of carbonyl (C=O) groups excluding carboxylic acids is 2. The van der Waals surface area contributed by atoms with Crippen molar-refractivity contribution in [2.24, 2.45) is 0 Å². The second-order valence-electron chi connectivity index (χ2n) is 3.92. The molecule has 0 spiro atoms. The number of hydrogen-bond acceptors (Lipinski definition) is 3. The third kappa shape index (κ3) is 1.65. The van der Waals surface area contributed by atoms with Crippen molar-refractivity contribution in [1.29, 1.82) is 0 Å². The maximum Gasteiger partial charge on any atom is 0.262 e. The Labute approximate surface area is 111 Å². The quantitative estimate of drug-likeness (QED) is 0.863. The highest BCUT2D eigenvalue weighted by molar-refractivity contribution is 9.10.